The minimum atomic E-state index is 0.0484. The van der Waals surface area contributed by atoms with Gasteiger partial charge in [0.2, 0.25) is 0 Å². The van der Waals surface area contributed by atoms with Crippen molar-refractivity contribution in [3.63, 3.8) is 0 Å². The number of hydrogen-bond acceptors (Lipinski definition) is 3. The number of ether oxygens (including phenoxy) is 1. The summed E-state index contributed by atoms with van der Waals surface area (Å²) < 4.78 is 5.19. The normalized spacial score (nSPS) is 9.85. The van der Waals surface area contributed by atoms with Crippen LogP contribution in [0.1, 0.15) is 5.56 Å². The van der Waals surface area contributed by atoms with Crippen molar-refractivity contribution in [1.82, 2.24) is 0 Å². The van der Waals surface area contributed by atoms with Gasteiger partial charge in [0, 0.05) is 6.54 Å². The van der Waals surface area contributed by atoms with Crippen LogP contribution in [0.2, 0.25) is 10.0 Å². The standard InChI is InChI=1S/C15H12Cl2N2O/c16-13-2-1-3-14(17)15(13)19-10-11-4-6-12(7-5-11)20-9-8-18/h1-7,19H,9-10H2. The van der Waals surface area contributed by atoms with E-state index in [0.29, 0.717) is 22.3 Å². The molecule has 0 saturated heterocycles. The number of hydrogen-bond donors (Lipinski definition) is 1. The molecular formula is C15H12Cl2N2O. The van der Waals surface area contributed by atoms with E-state index in [1.807, 2.05) is 30.3 Å². The van der Waals surface area contributed by atoms with Gasteiger partial charge in [-0.2, -0.15) is 5.26 Å². The second-order valence-electron chi connectivity index (χ2n) is 4.04. The third-order valence-corrected chi connectivity index (χ3v) is 3.29. The quantitative estimate of drug-likeness (QED) is 0.884. The molecule has 0 unspecified atom stereocenters. The zero-order valence-corrected chi connectivity index (χ0v) is 12.1. The summed E-state index contributed by atoms with van der Waals surface area (Å²) in [7, 11) is 0. The molecule has 20 heavy (non-hydrogen) atoms. The predicted molar refractivity (Wildman–Crippen MR) is 81.3 cm³/mol. The first-order valence-corrected chi connectivity index (χ1v) is 6.73. The van der Waals surface area contributed by atoms with Gasteiger partial charge in [-0.15, -0.1) is 0 Å². The fourth-order valence-corrected chi connectivity index (χ4v) is 2.21. The number of nitrogens with one attached hydrogen (secondary N) is 1. The van der Waals surface area contributed by atoms with Gasteiger partial charge in [0.1, 0.15) is 11.8 Å². The average molecular weight is 307 g/mol. The number of para-hydroxylation sites is 1. The van der Waals surface area contributed by atoms with Gasteiger partial charge in [0.05, 0.1) is 15.7 Å². The molecular weight excluding hydrogens is 295 g/mol. The van der Waals surface area contributed by atoms with Gasteiger partial charge in [-0.3, -0.25) is 0 Å². The van der Waals surface area contributed by atoms with E-state index in [4.69, 9.17) is 33.2 Å². The van der Waals surface area contributed by atoms with E-state index >= 15 is 0 Å². The van der Waals surface area contributed by atoms with Crippen molar-refractivity contribution in [3.8, 4) is 11.8 Å². The van der Waals surface area contributed by atoms with Gasteiger partial charge in [-0.05, 0) is 29.8 Å². The Balaban J connectivity index is 1.99. The van der Waals surface area contributed by atoms with E-state index in [0.717, 1.165) is 11.3 Å². The molecule has 2 aromatic rings. The molecule has 2 rings (SSSR count). The smallest absolute Gasteiger partial charge is 0.174 e. The van der Waals surface area contributed by atoms with Crippen LogP contribution in [-0.4, -0.2) is 6.61 Å². The Morgan fingerprint density at radius 2 is 1.70 bits per heavy atom. The molecule has 0 heterocycles. The molecule has 0 atom stereocenters. The predicted octanol–water partition coefficient (Wildman–Crippen LogP) is 4.51. The van der Waals surface area contributed by atoms with Gasteiger partial charge >= 0.3 is 0 Å². The topological polar surface area (TPSA) is 45.0 Å². The van der Waals surface area contributed by atoms with Gasteiger partial charge in [-0.25, -0.2) is 0 Å². The molecule has 2 aromatic carbocycles. The lowest BCUT2D eigenvalue weighted by Gasteiger charge is -2.10. The molecule has 0 aliphatic heterocycles. The molecule has 0 aliphatic carbocycles. The van der Waals surface area contributed by atoms with Crippen molar-refractivity contribution in [2.75, 3.05) is 11.9 Å². The molecule has 1 N–H and O–H groups in total. The minimum absolute atomic E-state index is 0.0484. The second kappa shape index (κ2) is 7.04. The van der Waals surface area contributed by atoms with Gasteiger partial charge in [0.25, 0.3) is 0 Å². The first-order valence-electron chi connectivity index (χ1n) is 5.97. The van der Waals surface area contributed by atoms with Gasteiger partial charge < -0.3 is 10.1 Å². The summed E-state index contributed by atoms with van der Waals surface area (Å²) >= 11 is 12.2. The van der Waals surface area contributed by atoms with Crippen LogP contribution in [0, 0.1) is 11.3 Å². The highest BCUT2D eigenvalue weighted by molar-refractivity contribution is 6.39. The molecule has 0 radical (unpaired) electrons. The summed E-state index contributed by atoms with van der Waals surface area (Å²) in [4.78, 5) is 0. The molecule has 0 aliphatic rings. The number of rotatable bonds is 5. The molecule has 0 amide bonds. The van der Waals surface area contributed by atoms with E-state index in [1.165, 1.54) is 0 Å². The van der Waals surface area contributed by atoms with Crippen molar-refractivity contribution >= 4 is 28.9 Å². The van der Waals surface area contributed by atoms with Crippen molar-refractivity contribution < 1.29 is 4.74 Å². The zero-order valence-electron chi connectivity index (χ0n) is 10.6. The van der Waals surface area contributed by atoms with Crippen molar-refractivity contribution in [2.45, 2.75) is 6.54 Å². The van der Waals surface area contributed by atoms with Crippen molar-refractivity contribution in [2.24, 2.45) is 0 Å². The summed E-state index contributed by atoms with van der Waals surface area (Å²) in [6.07, 6.45) is 0. The Morgan fingerprint density at radius 3 is 2.30 bits per heavy atom. The van der Waals surface area contributed by atoms with Crippen LogP contribution in [0.25, 0.3) is 0 Å². The number of anilines is 1. The summed E-state index contributed by atoms with van der Waals surface area (Å²) in [5.41, 5.74) is 1.78. The third-order valence-electron chi connectivity index (χ3n) is 2.66. The average Bonchev–Trinajstić information content (AvgIpc) is 2.46. The first-order chi connectivity index (χ1) is 9.70. The molecule has 0 fully saturated rings. The Bertz CT molecular complexity index is 601. The molecule has 5 heteroatoms. The summed E-state index contributed by atoms with van der Waals surface area (Å²) in [6.45, 7) is 0.648. The SMILES string of the molecule is N#CCOc1ccc(CNc2c(Cl)cccc2Cl)cc1. The van der Waals surface area contributed by atoms with Crippen LogP contribution in [0.3, 0.4) is 0 Å². The molecule has 0 saturated carbocycles. The zero-order chi connectivity index (χ0) is 14.4. The number of nitrogens with zero attached hydrogens (tertiary/aromatic N) is 1. The lowest BCUT2D eigenvalue weighted by molar-refractivity contribution is 0.368. The minimum Gasteiger partial charge on any atom is -0.479 e. The largest absolute Gasteiger partial charge is 0.479 e. The Hall–Kier alpha value is -1.89. The van der Waals surface area contributed by atoms with Crippen LogP contribution in [0.15, 0.2) is 42.5 Å². The fourth-order valence-electron chi connectivity index (χ4n) is 1.68. The molecule has 102 valence electrons. The summed E-state index contributed by atoms with van der Waals surface area (Å²) in [5.74, 6) is 0.672. The van der Waals surface area contributed by atoms with Crippen LogP contribution in [-0.2, 0) is 6.54 Å². The third kappa shape index (κ3) is 3.80. The highest BCUT2D eigenvalue weighted by Gasteiger charge is 2.04. The van der Waals surface area contributed by atoms with Crippen LogP contribution >= 0.6 is 23.2 Å². The van der Waals surface area contributed by atoms with E-state index < -0.39 is 0 Å². The van der Waals surface area contributed by atoms with Crippen LogP contribution < -0.4 is 10.1 Å². The van der Waals surface area contributed by atoms with E-state index in [2.05, 4.69) is 5.32 Å². The maximum Gasteiger partial charge on any atom is 0.174 e. The first kappa shape index (κ1) is 14.5. The van der Waals surface area contributed by atoms with Crippen molar-refractivity contribution in [1.29, 1.82) is 5.26 Å². The fraction of sp³-hybridized carbons (Fsp3) is 0.133. The lowest BCUT2D eigenvalue weighted by atomic mass is 10.2. The second-order valence-corrected chi connectivity index (χ2v) is 4.86. The Labute approximate surface area is 127 Å². The maximum atomic E-state index is 8.43. The van der Waals surface area contributed by atoms with Gasteiger partial charge in [0.15, 0.2) is 6.61 Å². The van der Waals surface area contributed by atoms with Gasteiger partial charge in [-0.1, -0.05) is 41.4 Å². The molecule has 3 nitrogen and oxygen atoms in total. The Kier molecular flexibility index (Phi) is 5.11. The number of nitriles is 1. The van der Waals surface area contributed by atoms with E-state index in [1.54, 1.807) is 18.2 Å². The summed E-state index contributed by atoms with van der Waals surface area (Å²) in [6, 6.07) is 14.8. The number of benzene rings is 2. The highest BCUT2D eigenvalue weighted by atomic mass is 35.5. The highest BCUT2D eigenvalue weighted by Crippen LogP contribution is 2.30. The van der Waals surface area contributed by atoms with Crippen LogP contribution in [0.5, 0.6) is 5.75 Å². The monoisotopic (exact) mass is 306 g/mol. The molecule has 0 spiro atoms. The van der Waals surface area contributed by atoms with Crippen LogP contribution in [0.4, 0.5) is 5.69 Å². The maximum absolute atomic E-state index is 8.43. The molecule has 0 bridgehead atoms. The van der Waals surface area contributed by atoms with E-state index in [9.17, 15) is 0 Å². The lowest BCUT2D eigenvalue weighted by Crippen LogP contribution is -2.01. The van der Waals surface area contributed by atoms with E-state index in [-0.39, 0.29) is 6.61 Å². The Morgan fingerprint density at radius 1 is 1.05 bits per heavy atom. The van der Waals surface area contributed by atoms with Crippen molar-refractivity contribution in [3.05, 3.63) is 58.1 Å². The summed E-state index contributed by atoms with van der Waals surface area (Å²) in [5, 5.41) is 12.8. The number of halogens is 2. The molecule has 0 aromatic heterocycles.